The molecular weight excluding hydrogens is 1460 g/mol. The summed E-state index contributed by atoms with van der Waals surface area (Å²) in [6.07, 6.45) is 0. The Kier molecular flexibility index (Phi) is 34.3. The number of aryl methyl sites for hydroxylation is 6. The largest absolute Gasteiger partial charge is 3.00 e. The molecule has 0 unspecified atom stereocenters. The second-order valence-electron chi connectivity index (χ2n) is 40.1. The summed E-state index contributed by atoms with van der Waals surface area (Å²) >= 11 is 0. The molecule has 0 amide bonds. The quantitative estimate of drug-likeness (QED) is 0.148. The molecule has 2 radical (unpaired) electrons. The van der Waals surface area contributed by atoms with E-state index in [9.17, 15) is 30.6 Å². The van der Waals surface area contributed by atoms with Gasteiger partial charge < -0.3 is 30.6 Å². The third-order valence-corrected chi connectivity index (χ3v) is 17.1. The molecule has 6 aromatic rings. The normalized spacial score (nSPS) is 12.7. The van der Waals surface area contributed by atoms with Crippen LogP contribution >= 0.6 is 0 Å². The summed E-state index contributed by atoms with van der Waals surface area (Å²) in [6, 6.07) is 24.3. The van der Waals surface area contributed by atoms with Crippen molar-refractivity contribution < 1.29 is 114 Å². The molecule has 0 atom stereocenters. The molecular formula is C90H138Ce2O6. The van der Waals surface area contributed by atoms with Crippen LogP contribution in [0.15, 0.2) is 72.8 Å². The molecule has 0 aliphatic carbocycles. The average Bonchev–Trinajstić information content (AvgIpc) is 0.833. The molecule has 6 rings (SSSR count). The van der Waals surface area contributed by atoms with Crippen LogP contribution in [0.5, 0.6) is 34.5 Å². The molecule has 0 saturated carbocycles. The molecule has 8 heteroatoms. The van der Waals surface area contributed by atoms with Gasteiger partial charge in [0.2, 0.25) is 0 Å². The van der Waals surface area contributed by atoms with Gasteiger partial charge in [0.1, 0.15) is 0 Å². The van der Waals surface area contributed by atoms with Gasteiger partial charge in [0, 0.05) is 0 Å². The minimum absolute atomic E-state index is 0. The van der Waals surface area contributed by atoms with Crippen molar-refractivity contribution >= 4 is 0 Å². The Balaban J connectivity index is 0. The molecule has 0 saturated heterocycles. The first-order valence-corrected chi connectivity index (χ1v) is 35.2. The maximum atomic E-state index is 12.4. The topological polar surface area (TPSA) is 138 Å². The van der Waals surface area contributed by atoms with Gasteiger partial charge in [0.25, 0.3) is 0 Å². The van der Waals surface area contributed by atoms with Gasteiger partial charge in [0.15, 0.2) is 0 Å². The summed E-state index contributed by atoms with van der Waals surface area (Å²) < 4.78 is 0. The van der Waals surface area contributed by atoms with E-state index in [0.29, 0.717) is 0 Å². The van der Waals surface area contributed by atoms with E-state index < -0.39 is 0 Å². The smallest absolute Gasteiger partial charge is 0.872 e. The molecule has 0 spiro atoms. The SMILES string of the molecule is Cc1cc(C(C)(C)C)c([O-])c(C(C)(C)C)c1.Cc1cc(C(C)(C)C)c([O-])c(C(C)(C)C)c1.Cc1cc(C(C)(C)C)c([O-])c(C(C)(C)C)c1.Cc1cc(C(C)(C)C)c([O-])c(C(C)(C)C)c1.Cc1cc(C(C)(C)C)c([O-])c(C(C)(C)C)c1.Cc1cc(C(C)(C)C)c([O-])c(C(C)(C)C)c1.[Ce+3].[Ce+3]. The van der Waals surface area contributed by atoms with Crippen molar-refractivity contribution in [3.63, 3.8) is 0 Å². The van der Waals surface area contributed by atoms with Gasteiger partial charge in [-0.25, -0.2) is 0 Å². The molecule has 6 aromatic carbocycles. The van der Waals surface area contributed by atoms with Gasteiger partial charge in [-0.2, -0.15) is 0 Å². The minimum Gasteiger partial charge on any atom is -0.872 e. The fourth-order valence-electron chi connectivity index (χ4n) is 11.3. The Morgan fingerprint density at radius 2 is 0.194 bits per heavy atom. The van der Waals surface area contributed by atoms with Crippen LogP contribution in [0.2, 0.25) is 0 Å². The number of rotatable bonds is 0. The number of hydrogen-bond donors (Lipinski definition) is 0. The van der Waals surface area contributed by atoms with Crippen molar-refractivity contribution in [3.05, 3.63) is 173 Å². The van der Waals surface area contributed by atoms with Crippen molar-refractivity contribution in [2.45, 2.75) is 356 Å². The van der Waals surface area contributed by atoms with Crippen LogP contribution in [-0.2, 0) is 65.0 Å². The van der Waals surface area contributed by atoms with Crippen LogP contribution in [0.25, 0.3) is 0 Å². The van der Waals surface area contributed by atoms with Crippen LogP contribution in [0, 0.1) is 125 Å². The van der Waals surface area contributed by atoms with E-state index in [1.54, 1.807) is 0 Å². The maximum absolute atomic E-state index is 12.4. The molecule has 6 nitrogen and oxygen atoms in total. The Morgan fingerprint density at radius 3 is 0.235 bits per heavy atom. The minimum atomic E-state index is -0.0803. The number of hydrogen-bond acceptors (Lipinski definition) is 6. The second kappa shape index (κ2) is 34.6. The molecule has 0 aromatic heterocycles. The second-order valence-corrected chi connectivity index (χ2v) is 40.1. The molecule has 98 heavy (non-hydrogen) atoms. The van der Waals surface area contributed by atoms with Crippen LogP contribution in [0.4, 0.5) is 0 Å². The van der Waals surface area contributed by atoms with Gasteiger partial charge in [-0.05, 0) is 173 Å². The monoisotopic (exact) mass is 1590 g/mol. The predicted molar refractivity (Wildman–Crippen MR) is 408 cm³/mol. The first-order valence-electron chi connectivity index (χ1n) is 35.2. The maximum Gasteiger partial charge on any atom is 3.00 e. The van der Waals surface area contributed by atoms with Crippen molar-refractivity contribution in [2.75, 3.05) is 0 Å². The van der Waals surface area contributed by atoms with Gasteiger partial charge in [-0.3, -0.25) is 0 Å². The standard InChI is InChI=1S/6C15H24O.2Ce/c6*1-10-8-11(14(2,3)4)13(16)12(9-10)15(5,6)7;;/h6*8-9,16H,1-7H3;;/q;;;;;;2*+3/p-6. The molecule has 542 valence electrons. The van der Waals surface area contributed by atoms with Gasteiger partial charge in [-0.15, -0.1) is 34.5 Å². The first-order chi connectivity index (χ1) is 42.2. The van der Waals surface area contributed by atoms with Crippen molar-refractivity contribution in [3.8, 4) is 34.5 Å². The van der Waals surface area contributed by atoms with Crippen LogP contribution in [0.1, 0.15) is 349 Å². The zero-order chi connectivity index (χ0) is 76.3. The molecule has 0 heterocycles. The molecule has 0 aliphatic rings. The van der Waals surface area contributed by atoms with E-state index in [1.807, 2.05) is 72.8 Å². The van der Waals surface area contributed by atoms with Crippen molar-refractivity contribution in [1.29, 1.82) is 0 Å². The third-order valence-electron chi connectivity index (χ3n) is 17.1. The van der Waals surface area contributed by atoms with E-state index >= 15 is 0 Å². The third kappa shape index (κ3) is 28.8. The summed E-state index contributed by atoms with van der Waals surface area (Å²) in [5.41, 5.74) is 17.2. The van der Waals surface area contributed by atoms with Crippen LogP contribution < -0.4 is 30.6 Å². The van der Waals surface area contributed by atoms with Gasteiger partial charge >= 0.3 is 83.5 Å². The zero-order valence-corrected chi connectivity index (χ0v) is 76.7. The van der Waals surface area contributed by atoms with Crippen LogP contribution in [0.3, 0.4) is 0 Å². The Bertz CT molecular complexity index is 2750. The molecule has 0 aliphatic heterocycles. The van der Waals surface area contributed by atoms with Crippen LogP contribution in [-0.4, -0.2) is 0 Å². The van der Waals surface area contributed by atoms with Crippen molar-refractivity contribution in [1.82, 2.24) is 0 Å². The summed E-state index contributed by atoms with van der Waals surface area (Å²) in [5, 5.41) is 74.5. The van der Waals surface area contributed by atoms with E-state index in [0.717, 1.165) is 66.8 Å². The Labute approximate surface area is 670 Å². The Hall–Kier alpha value is -3.13. The summed E-state index contributed by atoms with van der Waals surface area (Å²) in [6.45, 7) is 87.7. The van der Waals surface area contributed by atoms with E-state index in [2.05, 4.69) is 291 Å². The fourth-order valence-corrected chi connectivity index (χ4v) is 11.3. The van der Waals surface area contributed by atoms with E-state index in [1.165, 1.54) is 33.4 Å². The summed E-state index contributed by atoms with van der Waals surface area (Å²) in [7, 11) is 0. The van der Waals surface area contributed by atoms with Gasteiger partial charge in [-0.1, -0.05) is 355 Å². The summed E-state index contributed by atoms with van der Waals surface area (Å²) in [4.78, 5) is 0. The first kappa shape index (κ1) is 96.9. The molecule has 0 N–H and O–H groups in total. The average molecular weight is 1600 g/mol. The van der Waals surface area contributed by atoms with Crippen molar-refractivity contribution in [2.24, 2.45) is 0 Å². The fraction of sp³-hybridized carbons (Fsp3) is 0.600. The zero-order valence-electron chi connectivity index (χ0n) is 70.4. The van der Waals surface area contributed by atoms with E-state index in [-0.39, 0.29) is 183 Å². The number of benzene rings is 6. The Morgan fingerprint density at radius 1 is 0.143 bits per heavy atom. The van der Waals surface area contributed by atoms with Gasteiger partial charge in [0.05, 0.1) is 0 Å². The summed E-state index contributed by atoms with van der Waals surface area (Å²) in [5.74, 6) is 1.28. The van der Waals surface area contributed by atoms with E-state index in [4.69, 9.17) is 0 Å². The predicted octanol–water partition coefficient (Wildman–Crippen LogP) is 22.0. The molecule has 0 bridgehead atoms. The molecule has 0 fully saturated rings.